The van der Waals surface area contributed by atoms with Crippen LogP contribution in [-0.2, 0) is 21.1 Å². The van der Waals surface area contributed by atoms with Crippen LogP contribution in [0.2, 0.25) is 0 Å². The quantitative estimate of drug-likeness (QED) is 0.551. The van der Waals surface area contributed by atoms with Gasteiger partial charge in [0.1, 0.15) is 0 Å². The number of hydrogen-bond acceptors (Lipinski definition) is 2. The molecule has 0 fully saturated rings. The van der Waals surface area contributed by atoms with Gasteiger partial charge < -0.3 is 12.4 Å². The minimum atomic E-state index is 0. The molecule has 22 heavy (non-hydrogen) atoms. The Labute approximate surface area is 151 Å². The molecule has 1 unspecified atom stereocenters. The van der Waals surface area contributed by atoms with Crippen molar-refractivity contribution in [1.82, 2.24) is 9.97 Å². The topological polar surface area (TPSA) is 25.8 Å². The summed E-state index contributed by atoms with van der Waals surface area (Å²) >= 11 is 0. The average Bonchev–Trinajstić information content (AvgIpc) is 2.56. The van der Waals surface area contributed by atoms with Crippen molar-refractivity contribution in [3.05, 3.63) is 84.2 Å². The van der Waals surface area contributed by atoms with Crippen LogP contribution in [0.15, 0.2) is 66.9 Å². The van der Waals surface area contributed by atoms with Gasteiger partial charge in [-0.1, -0.05) is 43.3 Å². The van der Waals surface area contributed by atoms with Crippen molar-refractivity contribution in [2.24, 2.45) is 0 Å². The maximum Gasteiger partial charge on any atom is 0.0889 e. The predicted octanol–water partition coefficient (Wildman–Crippen LogP) is 1.10. The molecule has 115 valence electrons. The largest absolute Gasteiger partial charge is 1.00 e. The summed E-state index contributed by atoms with van der Waals surface area (Å²) in [5, 5.41) is 0. The van der Waals surface area contributed by atoms with Crippen molar-refractivity contribution in [1.29, 1.82) is 0 Å². The summed E-state index contributed by atoms with van der Waals surface area (Å²) in [6.45, 7) is 2.15. The number of hydrogen-bond donors (Lipinski definition) is 0. The second-order valence-electron chi connectivity index (χ2n) is 4.70. The molecule has 0 aliphatic heterocycles. The van der Waals surface area contributed by atoms with Gasteiger partial charge in [-0.2, -0.15) is 0 Å². The molecule has 1 radical (unpaired) electrons. The van der Waals surface area contributed by atoms with Crippen molar-refractivity contribution >= 4 is 0 Å². The first kappa shape index (κ1) is 18.5. The molecular formula is C18H15ClN2Pt-. The summed E-state index contributed by atoms with van der Waals surface area (Å²) in [5.41, 5.74) is 4.00. The van der Waals surface area contributed by atoms with Gasteiger partial charge >= 0.3 is 0 Å². The molecule has 1 atom stereocenters. The van der Waals surface area contributed by atoms with E-state index in [0.29, 0.717) is 0 Å². The molecular weight excluding hydrogens is 475 g/mol. The van der Waals surface area contributed by atoms with Crippen LogP contribution < -0.4 is 12.4 Å². The van der Waals surface area contributed by atoms with E-state index < -0.39 is 0 Å². The summed E-state index contributed by atoms with van der Waals surface area (Å²) in [4.78, 5) is 9.09. The second kappa shape index (κ2) is 8.82. The van der Waals surface area contributed by atoms with Crippen molar-refractivity contribution in [2.45, 2.75) is 12.8 Å². The third-order valence-corrected chi connectivity index (χ3v) is 3.34. The minimum Gasteiger partial charge on any atom is -1.00 e. The van der Waals surface area contributed by atoms with Gasteiger partial charge in [0.15, 0.2) is 0 Å². The summed E-state index contributed by atoms with van der Waals surface area (Å²) in [5.74, 6) is 0.222. The van der Waals surface area contributed by atoms with E-state index in [1.165, 1.54) is 0 Å². The fourth-order valence-corrected chi connectivity index (χ4v) is 2.19. The van der Waals surface area contributed by atoms with Crippen LogP contribution in [0.5, 0.6) is 0 Å². The fourth-order valence-electron chi connectivity index (χ4n) is 2.19. The van der Waals surface area contributed by atoms with E-state index >= 15 is 0 Å². The number of pyridine rings is 2. The van der Waals surface area contributed by atoms with Crippen LogP contribution in [0.25, 0.3) is 11.4 Å². The molecule has 3 aromatic rings. The fraction of sp³-hybridized carbons (Fsp3) is 0.111. The summed E-state index contributed by atoms with van der Waals surface area (Å²) in [6.07, 6.45) is 1.79. The zero-order valence-corrected chi connectivity index (χ0v) is 15.0. The maximum absolute atomic E-state index is 4.74. The Morgan fingerprint density at radius 1 is 0.909 bits per heavy atom. The molecule has 0 bridgehead atoms. The molecule has 1 aromatic carbocycles. The molecule has 0 aliphatic rings. The summed E-state index contributed by atoms with van der Waals surface area (Å²) < 4.78 is 0. The zero-order chi connectivity index (χ0) is 13.8. The van der Waals surface area contributed by atoms with Gasteiger partial charge in [0.2, 0.25) is 0 Å². The summed E-state index contributed by atoms with van der Waals surface area (Å²) in [6, 6.07) is 23.3. The Kier molecular flexibility index (Phi) is 7.44. The number of halogens is 1. The van der Waals surface area contributed by atoms with Crippen LogP contribution >= 0.6 is 0 Å². The van der Waals surface area contributed by atoms with E-state index in [1.54, 1.807) is 6.20 Å². The maximum atomic E-state index is 4.74. The van der Waals surface area contributed by atoms with Gasteiger partial charge in [-0.3, -0.25) is 9.97 Å². The SMILES string of the molecule is CC(c1[c]cccc1)c1cccc(-c2ccccn2)n1.[Cl-].[Pt]. The molecule has 2 nitrogen and oxygen atoms in total. The van der Waals surface area contributed by atoms with E-state index in [-0.39, 0.29) is 39.4 Å². The predicted molar refractivity (Wildman–Crippen MR) is 80.3 cm³/mol. The zero-order valence-electron chi connectivity index (χ0n) is 12.0. The first-order chi connectivity index (χ1) is 9.84. The third kappa shape index (κ3) is 4.25. The number of aromatic nitrogens is 2. The molecule has 4 heteroatoms. The van der Waals surface area contributed by atoms with E-state index in [1.807, 2.05) is 48.5 Å². The molecule has 0 aliphatic carbocycles. The van der Waals surface area contributed by atoms with Gasteiger partial charge in [0.05, 0.1) is 11.4 Å². The van der Waals surface area contributed by atoms with Crippen molar-refractivity contribution < 1.29 is 33.5 Å². The van der Waals surface area contributed by atoms with E-state index in [4.69, 9.17) is 4.98 Å². The molecule has 0 saturated carbocycles. The molecule has 0 amide bonds. The number of rotatable bonds is 3. The monoisotopic (exact) mass is 489 g/mol. The Bertz CT molecular complexity index is 690. The first-order valence-corrected chi connectivity index (χ1v) is 6.69. The van der Waals surface area contributed by atoms with Gasteiger partial charge in [-0.15, -0.1) is 0 Å². The molecule has 2 heterocycles. The first-order valence-electron chi connectivity index (χ1n) is 6.69. The Balaban J connectivity index is 0.00000121. The van der Waals surface area contributed by atoms with E-state index in [0.717, 1.165) is 22.6 Å². The number of benzene rings is 1. The number of nitrogens with zero attached hydrogens (tertiary/aromatic N) is 2. The van der Waals surface area contributed by atoms with Gasteiger partial charge in [0, 0.05) is 38.9 Å². The van der Waals surface area contributed by atoms with Crippen LogP contribution in [0.4, 0.5) is 0 Å². The van der Waals surface area contributed by atoms with Gasteiger partial charge in [0.25, 0.3) is 0 Å². The van der Waals surface area contributed by atoms with E-state index in [2.05, 4.69) is 30.1 Å². The summed E-state index contributed by atoms with van der Waals surface area (Å²) in [7, 11) is 0. The Morgan fingerprint density at radius 2 is 1.68 bits per heavy atom. The van der Waals surface area contributed by atoms with Crippen molar-refractivity contribution in [3.8, 4) is 11.4 Å². The normalized spacial score (nSPS) is 11.0. The van der Waals surface area contributed by atoms with Crippen LogP contribution in [0.1, 0.15) is 24.1 Å². The molecule has 0 saturated heterocycles. The van der Waals surface area contributed by atoms with Crippen LogP contribution in [0.3, 0.4) is 0 Å². The standard InChI is InChI=1S/C18H15N2.ClH.Pt/c1-14(15-8-3-2-4-9-15)16-11-7-12-18(20-16)17-10-5-6-13-19-17;;/h2-8,10-14H,1H3;1H;/p-1. The van der Waals surface area contributed by atoms with Crippen LogP contribution in [0, 0.1) is 6.07 Å². The molecule has 3 rings (SSSR count). The second-order valence-corrected chi connectivity index (χ2v) is 4.70. The molecule has 0 spiro atoms. The van der Waals surface area contributed by atoms with Crippen molar-refractivity contribution in [3.63, 3.8) is 0 Å². The minimum absolute atomic E-state index is 0. The van der Waals surface area contributed by atoms with Crippen molar-refractivity contribution in [2.75, 3.05) is 0 Å². The Morgan fingerprint density at radius 3 is 2.36 bits per heavy atom. The van der Waals surface area contributed by atoms with Crippen LogP contribution in [-0.4, -0.2) is 9.97 Å². The van der Waals surface area contributed by atoms with E-state index in [9.17, 15) is 0 Å². The van der Waals surface area contributed by atoms with Gasteiger partial charge in [-0.05, 0) is 35.9 Å². The molecule has 2 aromatic heterocycles. The third-order valence-electron chi connectivity index (χ3n) is 3.34. The molecule has 0 N–H and O–H groups in total. The average molecular weight is 490 g/mol. The Hall–Kier alpha value is -1.50. The smallest absolute Gasteiger partial charge is 0.0889 e. The van der Waals surface area contributed by atoms with Gasteiger partial charge in [-0.25, -0.2) is 0 Å².